The second-order valence-electron chi connectivity index (χ2n) is 7.07. The van der Waals surface area contributed by atoms with E-state index in [1.165, 1.54) is 10.5 Å². The Labute approximate surface area is 127 Å². The average Bonchev–Trinajstić information content (AvgIpc) is 2.40. The Kier molecular flexibility index (Phi) is 4.45. The molecule has 1 aromatic carbocycles. The summed E-state index contributed by atoms with van der Waals surface area (Å²) in [6.07, 6.45) is 0.573. The smallest absolute Gasteiger partial charge is 0.137 e. The van der Waals surface area contributed by atoms with Crippen LogP contribution in [0, 0.1) is 12.3 Å². The fourth-order valence-electron chi connectivity index (χ4n) is 3.02. The Hall–Kier alpha value is -1.71. The van der Waals surface area contributed by atoms with Gasteiger partial charge in [-0.05, 0) is 37.3 Å². The molecule has 1 aromatic rings. The second kappa shape index (κ2) is 5.96. The number of nitrogens with one attached hydrogen (secondary N) is 1. The van der Waals surface area contributed by atoms with Crippen LogP contribution >= 0.6 is 0 Å². The molecule has 0 bridgehead atoms. The van der Waals surface area contributed by atoms with Gasteiger partial charge in [0.15, 0.2) is 0 Å². The molecule has 1 amide bonds. The summed E-state index contributed by atoms with van der Waals surface area (Å²) in [6.45, 7) is 8.86. The van der Waals surface area contributed by atoms with Crippen molar-refractivity contribution in [3.05, 3.63) is 29.8 Å². The van der Waals surface area contributed by atoms with E-state index in [0.717, 1.165) is 18.5 Å². The van der Waals surface area contributed by atoms with Crippen molar-refractivity contribution in [3.63, 3.8) is 0 Å². The number of aryl methyl sites for hydroxylation is 1. The maximum absolute atomic E-state index is 11.3. The maximum Gasteiger partial charge on any atom is 0.137 e. The Morgan fingerprint density at radius 3 is 2.43 bits per heavy atom. The van der Waals surface area contributed by atoms with E-state index in [0.29, 0.717) is 12.6 Å². The van der Waals surface area contributed by atoms with Crippen LogP contribution in [0.4, 0.5) is 10.5 Å². The van der Waals surface area contributed by atoms with E-state index in [9.17, 15) is 9.90 Å². The first-order valence-corrected chi connectivity index (χ1v) is 7.58. The fraction of sp³-hybridized carbons (Fsp3) is 0.588. The summed E-state index contributed by atoms with van der Waals surface area (Å²) < 4.78 is 0. The molecule has 2 unspecified atom stereocenters. The van der Waals surface area contributed by atoms with Crippen LogP contribution < -0.4 is 10.4 Å². The van der Waals surface area contributed by atoms with Crippen molar-refractivity contribution in [2.24, 2.45) is 5.41 Å². The number of hydrogen-bond donors (Lipinski definition) is 1. The maximum atomic E-state index is 11.3. The Morgan fingerprint density at radius 2 is 1.90 bits per heavy atom. The zero-order valence-corrected chi connectivity index (χ0v) is 13.3. The highest BCUT2D eigenvalue weighted by molar-refractivity contribution is 5.63. The van der Waals surface area contributed by atoms with Crippen molar-refractivity contribution in [1.82, 2.24) is 4.90 Å². The number of hydrogen-bond acceptors (Lipinski definition) is 3. The third kappa shape index (κ3) is 3.90. The molecular formula is C17H25N2O2-. The van der Waals surface area contributed by atoms with Gasteiger partial charge in [-0.3, -0.25) is 0 Å². The first kappa shape index (κ1) is 15.7. The highest BCUT2D eigenvalue weighted by Crippen LogP contribution is 2.32. The Balaban J connectivity index is 2.07. The second-order valence-corrected chi connectivity index (χ2v) is 7.07. The minimum Gasteiger partial charge on any atom is -0.530 e. The molecule has 1 N–H and O–H groups in total. The van der Waals surface area contributed by atoms with Crippen LogP contribution in [0.1, 0.15) is 39.2 Å². The topological polar surface area (TPSA) is 55.4 Å². The molecular weight excluding hydrogens is 264 g/mol. The zero-order valence-electron chi connectivity index (χ0n) is 13.3. The van der Waals surface area contributed by atoms with Crippen molar-refractivity contribution in [3.8, 4) is 0 Å². The molecule has 21 heavy (non-hydrogen) atoms. The van der Waals surface area contributed by atoms with Crippen molar-refractivity contribution >= 4 is 11.8 Å². The molecule has 1 aliphatic rings. The fourth-order valence-corrected chi connectivity index (χ4v) is 3.02. The van der Waals surface area contributed by atoms with Crippen LogP contribution in [0.2, 0.25) is 0 Å². The van der Waals surface area contributed by atoms with Crippen LogP contribution in [0.3, 0.4) is 0 Å². The quantitative estimate of drug-likeness (QED) is 0.910. The van der Waals surface area contributed by atoms with Crippen molar-refractivity contribution in [2.45, 2.75) is 52.6 Å². The van der Waals surface area contributed by atoms with Gasteiger partial charge >= 0.3 is 0 Å². The largest absolute Gasteiger partial charge is 0.530 e. The molecule has 2 rings (SSSR count). The number of nitrogens with zero attached hydrogens (tertiary/aromatic N) is 1. The first-order chi connectivity index (χ1) is 9.77. The van der Waals surface area contributed by atoms with Crippen LogP contribution in [0.15, 0.2) is 24.3 Å². The Bertz CT molecular complexity index is 491. The van der Waals surface area contributed by atoms with Gasteiger partial charge in [0, 0.05) is 24.3 Å². The summed E-state index contributed by atoms with van der Waals surface area (Å²) in [5, 5.41) is 14.8. The lowest BCUT2D eigenvalue weighted by atomic mass is 9.79. The summed E-state index contributed by atoms with van der Waals surface area (Å²) in [6, 6.07) is 8.60. The van der Waals surface area contributed by atoms with E-state index in [-0.39, 0.29) is 11.5 Å². The van der Waals surface area contributed by atoms with Gasteiger partial charge in [0.1, 0.15) is 6.09 Å². The molecule has 0 aromatic heterocycles. The lowest BCUT2D eigenvalue weighted by Gasteiger charge is -2.47. The summed E-state index contributed by atoms with van der Waals surface area (Å²) >= 11 is 0. The van der Waals surface area contributed by atoms with Crippen molar-refractivity contribution in [1.29, 1.82) is 0 Å². The van der Waals surface area contributed by atoms with Gasteiger partial charge < -0.3 is 20.1 Å². The average molecular weight is 289 g/mol. The number of amides is 1. The summed E-state index contributed by atoms with van der Waals surface area (Å²) in [5.41, 5.74) is 2.24. The van der Waals surface area contributed by atoms with Gasteiger partial charge in [-0.25, -0.2) is 0 Å². The highest BCUT2D eigenvalue weighted by atomic mass is 16.4. The third-order valence-corrected chi connectivity index (χ3v) is 4.26. The predicted molar refractivity (Wildman–Crippen MR) is 83.2 cm³/mol. The SMILES string of the molecule is Cc1ccc(NC2CCN(C(=O)[O-])C(C(C)(C)C)C2)cc1. The first-order valence-electron chi connectivity index (χ1n) is 7.58. The van der Waals surface area contributed by atoms with E-state index in [2.05, 4.69) is 57.3 Å². The number of anilines is 1. The van der Waals surface area contributed by atoms with Crippen LogP contribution in [-0.2, 0) is 0 Å². The number of carbonyl (C=O) groups is 1. The number of piperidine rings is 1. The normalized spacial score (nSPS) is 23.0. The van der Waals surface area contributed by atoms with E-state index in [4.69, 9.17) is 0 Å². The minimum atomic E-state index is -1.05. The summed E-state index contributed by atoms with van der Waals surface area (Å²) in [4.78, 5) is 12.8. The molecule has 1 saturated heterocycles. The highest BCUT2D eigenvalue weighted by Gasteiger charge is 2.36. The third-order valence-electron chi connectivity index (χ3n) is 4.26. The van der Waals surface area contributed by atoms with Gasteiger partial charge in [-0.2, -0.15) is 0 Å². The molecule has 4 nitrogen and oxygen atoms in total. The summed E-state index contributed by atoms with van der Waals surface area (Å²) in [7, 11) is 0. The van der Waals surface area contributed by atoms with Crippen LogP contribution in [-0.4, -0.2) is 29.6 Å². The molecule has 116 valence electrons. The van der Waals surface area contributed by atoms with Crippen molar-refractivity contribution in [2.75, 3.05) is 11.9 Å². The molecule has 0 radical (unpaired) electrons. The minimum absolute atomic E-state index is 0.0146. The number of benzene rings is 1. The molecule has 0 aliphatic carbocycles. The van der Waals surface area contributed by atoms with Gasteiger partial charge in [0.25, 0.3) is 0 Å². The van der Waals surface area contributed by atoms with Crippen LogP contribution in [0.5, 0.6) is 0 Å². The number of rotatable bonds is 2. The van der Waals surface area contributed by atoms with Gasteiger partial charge in [-0.1, -0.05) is 38.5 Å². The molecule has 1 heterocycles. The number of likely N-dealkylation sites (tertiary alicyclic amines) is 1. The standard InChI is InChI=1S/C17H26N2O2/c1-12-5-7-13(8-6-12)18-14-9-10-19(16(20)21)15(11-14)17(2,3)4/h5-8,14-15,18H,9-11H2,1-4H3,(H,20,21)/p-1. The van der Waals surface area contributed by atoms with Crippen molar-refractivity contribution < 1.29 is 9.90 Å². The molecule has 1 fully saturated rings. The molecule has 0 saturated carbocycles. The lowest BCUT2D eigenvalue weighted by Crippen LogP contribution is -2.57. The molecule has 4 heteroatoms. The van der Waals surface area contributed by atoms with E-state index in [1.54, 1.807) is 0 Å². The molecule has 0 spiro atoms. The monoisotopic (exact) mass is 289 g/mol. The van der Waals surface area contributed by atoms with Gasteiger partial charge in [-0.15, -0.1) is 0 Å². The lowest BCUT2D eigenvalue weighted by molar-refractivity contribution is -0.271. The van der Waals surface area contributed by atoms with E-state index in [1.807, 2.05) is 0 Å². The predicted octanol–water partition coefficient (Wildman–Crippen LogP) is 2.63. The zero-order chi connectivity index (χ0) is 15.6. The van der Waals surface area contributed by atoms with Gasteiger partial charge in [0.05, 0.1) is 0 Å². The number of carbonyl (C=O) groups excluding carboxylic acids is 1. The molecule has 2 atom stereocenters. The van der Waals surface area contributed by atoms with Gasteiger partial charge in [0.2, 0.25) is 0 Å². The number of carboxylic acid groups (broad SMARTS) is 1. The van der Waals surface area contributed by atoms with E-state index < -0.39 is 6.09 Å². The molecule has 1 aliphatic heterocycles. The van der Waals surface area contributed by atoms with E-state index >= 15 is 0 Å². The Morgan fingerprint density at radius 1 is 1.29 bits per heavy atom. The van der Waals surface area contributed by atoms with Crippen LogP contribution in [0.25, 0.3) is 0 Å². The summed E-state index contributed by atoms with van der Waals surface area (Å²) in [5.74, 6) is 0.